The van der Waals surface area contributed by atoms with E-state index in [0.717, 1.165) is 46.3 Å². The van der Waals surface area contributed by atoms with Gasteiger partial charge >= 0.3 is 0 Å². The Hall–Kier alpha value is -2.10. The molecule has 0 spiro atoms. The molecule has 0 saturated heterocycles. The van der Waals surface area contributed by atoms with E-state index < -0.39 is 28.5 Å². The SMILES string of the molecule is Cc1cc(Cl)ccc1N(CC(=O)N(Cc1cccc(Br)c1)C(C)C(=O)NC1CCCCC1)S(C)(=O)=O. The highest BCUT2D eigenvalue weighted by atomic mass is 79.9. The van der Waals surface area contributed by atoms with Crippen molar-refractivity contribution in [2.45, 2.75) is 64.6 Å². The van der Waals surface area contributed by atoms with Gasteiger partial charge in [-0.05, 0) is 68.1 Å². The van der Waals surface area contributed by atoms with E-state index in [9.17, 15) is 18.0 Å². The molecule has 1 aliphatic carbocycles. The van der Waals surface area contributed by atoms with Crippen LogP contribution in [0.1, 0.15) is 50.2 Å². The summed E-state index contributed by atoms with van der Waals surface area (Å²) in [6, 6.07) is 11.6. The predicted octanol–water partition coefficient (Wildman–Crippen LogP) is 5.04. The number of benzene rings is 2. The number of hydrogen-bond acceptors (Lipinski definition) is 4. The first-order valence-electron chi connectivity index (χ1n) is 12.0. The Morgan fingerprint density at radius 1 is 1.14 bits per heavy atom. The molecule has 0 radical (unpaired) electrons. The number of hydrogen-bond donors (Lipinski definition) is 1. The standard InChI is InChI=1S/C26H33BrClN3O4S/c1-18-14-22(28)12-13-24(18)31(36(3,34)35)17-25(32)30(16-20-8-7-9-21(27)15-20)19(2)26(33)29-23-10-5-4-6-11-23/h7-9,12-15,19,23H,4-6,10-11,16-17H2,1-3H3,(H,29,33). The summed E-state index contributed by atoms with van der Waals surface area (Å²) in [5.41, 5.74) is 1.82. The molecule has 1 saturated carbocycles. The molecule has 1 fully saturated rings. The van der Waals surface area contributed by atoms with Gasteiger partial charge in [0.2, 0.25) is 21.8 Å². The van der Waals surface area contributed by atoms with E-state index in [1.807, 2.05) is 24.3 Å². The number of anilines is 1. The first-order chi connectivity index (χ1) is 17.0. The van der Waals surface area contributed by atoms with Crippen LogP contribution in [0.25, 0.3) is 0 Å². The Bertz CT molecular complexity index is 1200. The van der Waals surface area contributed by atoms with Crippen molar-refractivity contribution in [1.29, 1.82) is 0 Å². The molecule has 3 rings (SSSR count). The molecule has 36 heavy (non-hydrogen) atoms. The van der Waals surface area contributed by atoms with Crippen LogP contribution in [0.5, 0.6) is 0 Å². The van der Waals surface area contributed by atoms with Crippen molar-refractivity contribution < 1.29 is 18.0 Å². The summed E-state index contributed by atoms with van der Waals surface area (Å²) in [6.07, 6.45) is 6.23. The third-order valence-electron chi connectivity index (χ3n) is 6.47. The lowest BCUT2D eigenvalue weighted by atomic mass is 9.95. The molecule has 0 heterocycles. The van der Waals surface area contributed by atoms with Crippen molar-refractivity contribution >= 4 is 55.1 Å². The lowest BCUT2D eigenvalue weighted by Gasteiger charge is -2.33. The van der Waals surface area contributed by atoms with Crippen LogP contribution >= 0.6 is 27.5 Å². The summed E-state index contributed by atoms with van der Waals surface area (Å²) in [5, 5.41) is 3.57. The van der Waals surface area contributed by atoms with Crippen LogP contribution in [0.2, 0.25) is 5.02 Å². The van der Waals surface area contributed by atoms with Crippen LogP contribution < -0.4 is 9.62 Å². The number of carbonyl (C=O) groups is 2. The topological polar surface area (TPSA) is 86.8 Å². The number of halogens is 2. The highest BCUT2D eigenvalue weighted by molar-refractivity contribution is 9.10. The van der Waals surface area contributed by atoms with Gasteiger partial charge in [-0.1, -0.05) is 58.9 Å². The molecule has 10 heteroatoms. The van der Waals surface area contributed by atoms with E-state index in [-0.39, 0.29) is 18.5 Å². The molecule has 1 aliphatic rings. The molecule has 2 aromatic carbocycles. The second kappa shape index (κ2) is 12.4. The first-order valence-corrected chi connectivity index (χ1v) is 15.1. The summed E-state index contributed by atoms with van der Waals surface area (Å²) in [4.78, 5) is 28.3. The van der Waals surface area contributed by atoms with Crippen molar-refractivity contribution in [3.63, 3.8) is 0 Å². The third-order valence-corrected chi connectivity index (χ3v) is 8.32. The van der Waals surface area contributed by atoms with E-state index >= 15 is 0 Å². The van der Waals surface area contributed by atoms with Crippen LogP contribution in [0.4, 0.5) is 5.69 Å². The summed E-state index contributed by atoms with van der Waals surface area (Å²) in [6.45, 7) is 3.15. The maximum Gasteiger partial charge on any atom is 0.244 e. The largest absolute Gasteiger partial charge is 0.352 e. The van der Waals surface area contributed by atoms with E-state index in [1.54, 1.807) is 32.0 Å². The van der Waals surface area contributed by atoms with E-state index in [4.69, 9.17) is 11.6 Å². The maximum absolute atomic E-state index is 13.7. The molecule has 2 aromatic rings. The van der Waals surface area contributed by atoms with Crippen molar-refractivity contribution in [2.75, 3.05) is 17.1 Å². The number of sulfonamides is 1. The van der Waals surface area contributed by atoms with E-state index in [1.165, 1.54) is 11.3 Å². The van der Waals surface area contributed by atoms with Crippen molar-refractivity contribution in [3.05, 3.63) is 63.1 Å². The molecule has 7 nitrogen and oxygen atoms in total. The average molecular weight is 599 g/mol. The van der Waals surface area contributed by atoms with Gasteiger partial charge in [-0.15, -0.1) is 0 Å². The van der Waals surface area contributed by atoms with Crippen LogP contribution in [-0.2, 0) is 26.2 Å². The number of nitrogens with zero attached hydrogens (tertiary/aromatic N) is 2. The van der Waals surface area contributed by atoms with Gasteiger partial charge in [-0.25, -0.2) is 8.42 Å². The Labute approximate surface area is 227 Å². The smallest absolute Gasteiger partial charge is 0.244 e. The Kier molecular flexibility index (Phi) is 9.83. The van der Waals surface area contributed by atoms with Crippen LogP contribution in [-0.4, -0.2) is 50.0 Å². The summed E-state index contributed by atoms with van der Waals surface area (Å²) >= 11 is 9.51. The summed E-state index contributed by atoms with van der Waals surface area (Å²) in [7, 11) is -3.80. The predicted molar refractivity (Wildman–Crippen MR) is 148 cm³/mol. The average Bonchev–Trinajstić information content (AvgIpc) is 2.81. The molecule has 0 aliphatic heterocycles. The highest BCUT2D eigenvalue weighted by Gasteiger charge is 2.31. The van der Waals surface area contributed by atoms with Gasteiger partial charge in [-0.3, -0.25) is 13.9 Å². The zero-order valence-corrected chi connectivity index (χ0v) is 24.0. The number of carbonyl (C=O) groups excluding carboxylic acids is 2. The monoisotopic (exact) mass is 597 g/mol. The fraction of sp³-hybridized carbons (Fsp3) is 0.462. The van der Waals surface area contributed by atoms with Gasteiger partial charge in [-0.2, -0.15) is 0 Å². The minimum absolute atomic E-state index is 0.0979. The van der Waals surface area contributed by atoms with Crippen molar-refractivity contribution in [2.24, 2.45) is 0 Å². The molecule has 0 bridgehead atoms. The molecule has 1 atom stereocenters. The lowest BCUT2D eigenvalue weighted by molar-refractivity contribution is -0.139. The Morgan fingerprint density at radius 2 is 1.83 bits per heavy atom. The van der Waals surface area contributed by atoms with E-state index in [0.29, 0.717) is 16.3 Å². The van der Waals surface area contributed by atoms with Gasteiger partial charge in [0.05, 0.1) is 11.9 Å². The molecular weight excluding hydrogens is 566 g/mol. The zero-order valence-electron chi connectivity index (χ0n) is 20.8. The second-order valence-electron chi connectivity index (χ2n) is 9.37. The molecule has 2 amide bonds. The number of rotatable bonds is 9. The Morgan fingerprint density at radius 3 is 2.44 bits per heavy atom. The van der Waals surface area contributed by atoms with Gasteiger partial charge < -0.3 is 10.2 Å². The quantitative estimate of drug-likeness (QED) is 0.438. The third kappa shape index (κ3) is 7.70. The first kappa shape index (κ1) is 28.5. The zero-order chi connectivity index (χ0) is 26.5. The lowest BCUT2D eigenvalue weighted by Crippen LogP contribution is -2.53. The van der Waals surface area contributed by atoms with Gasteiger partial charge in [0.15, 0.2) is 0 Å². The van der Waals surface area contributed by atoms with Crippen LogP contribution in [0.3, 0.4) is 0 Å². The normalized spacial score (nSPS) is 15.2. The van der Waals surface area contributed by atoms with Gasteiger partial charge in [0, 0.05) is 22.1 Å². The minimum atomic E-state index is -3.80. The summed E-state index contributed by atoms with van der Waals surface area (Å²) in [5.74, 6) is -0.708. The maximum atomic E-state index is 13.7. The van der Waals surface area contributed by atoms with Gasteiger partial charge in [0.25, 0.3) is 0 Å². The van der Waals surface area contributed by atoms with Crippen LogP contribution in [0.15, 0.2) is 46.9 Å². The molecule has 1 N–H and O–H groups in total. The van der Waals surface area contributed by atoms with E-state index in [2.05, 4.69) is 21.2 Å². The Balaban J connectivity index is 1.89. The molecule has 1 unspecified atom stereocenters. The van der Waals surface area contributed by atoms with Crippen molar-refractivity contribution in [1.82, 2.24) is 10.2 Å². The minimum Gasteiger partial charge on any atom is -0.352 e. The fourth-order valence-electron chi connectivity index (χ4n) is 4.48. The highest BCUT2D eigenvalue weighted by Crippen LogP contribution is 2.26. The van der Waals surface area contributed by atoms with Gasteiger partial charge in [0.1, 0.15) is 12.6 Å². The number of aryl methyl sites for hydroxylation is 1. The number of amides is 2. The molecular formula is C26H33BrClN3O4S. The molecule has 0 aromatic heterocycles. The van der Waals surface area contributed by atoms with Crippen LogP contribution in [0, 0.1) is 6.92 Å². The fourth-order valence-corrected chi connectivity index (χ4v) is 6.06. The number of nitrogens with one attached hydrogen (secondary N) is 1. The van der Waals surface area contributed by atoms with Crippen molar-refractivity contribution in [3.8, 4) is 0 Å². The second-order valence-corrected chi connectivity index (χ2v) is 12.6. The molecule has 196 valence electrons. The summed E-state index contributed by atoms with van der Waals surface area (Å²) < 4.78 is 27.4.